The standard InChI is InChI=1S/C42H48N6O5/c1-3-27-23-47(19-15-29(27)21-37(47)41(51)33-13-17-43-35-11-7-5-9-31(33)35)25-39(49)45-53-46-40(50)26-48-20-16-30(28(4-2)24-48)22-38(48)42(52)34-14-18-44-36-12-8-6-10-32(34)36/h3-14,17-18,27-30,37-38,41-42,51-52H,1-2,15-16,19-26H2/p+2/t27?,28?,29?,30?,37?,38?,41-,42-,47?,48?/m0/s1. The van der Waals surface area contributed by atoms with Crippen LogP contribution >= 0.6 is 0 Å². The van der Waals surface area contributed by atoms with Crippen LogP contribution < -0.4 is 11.0 Å². The van der Waals surface area contributed by atoms with E-state index in [1.165, 1.54) is 0 Å². The predicted octanol–water partition coefficient (Wildman–Crippen LogP) is 4.45. The first-order valence-corrected chi connectivity index (χ1v) is 19.0. The first kappa shape index (κ1) is 35.5. The fourth-order valence-corrected chi connectivity index (χ4v) is 10.7. The van der Waals surface area contributed by atoms with Crippen LogP contribution in [-0.2, 0) is 14.5 Å². The number of fused-ring (bicyclic) bond motifs is 8. The summed E-state index contributed by atoms with van der Waals surface area (Å²) in [6.45, 7) is 11.3. The maximum atomic E-state index is 13.6. The molecule has 11 heteroatoms. The van der Waals surface area contributed by atoms with Gasteiger partial charge in [-0.15, -0.1) is 13.2 Å². The number of rotatable bonds is 12. The highest BCUT2D eigenvalue weighted by Crippen LogP contribution is 2.48. The fourth-order valence-electron chi connectivity index (χ4n) is 10.7. The molecule has 6 aliphatic heterocycles. The summed E-state index contributed by atoms with van der Waals surface area (Å²) in [7, 11) is 0. The van der Waals surface area contributed by atoms with Gasteiger partial charge >= 0.3 is 11.8 Å². The van der Waals surface area contributed by atoms with Gasteiger partial charge in [-0.1, -0.05) is 48.6 Å². The Bertz CT molecular complexity index is 1890. The van der Waals surface area contributed by atoms with Crippen LogP contribution in [0.4, 0.5) is 0 Å². The van der Waals surface area contributed by atoms with Crippen molar-refractivity contribution in [3.8, 4) is 0 Å². The number of aliphatic hydroxyl groups is 2. The average Bonchev–Trinajstić information content (AvgIpc) is 3.19. The predicted molar refractivity (Wildman–Crippen MR) is 201 cm³/mol. The molecule has 0 spiro atoms. The molecule has 10 atom stereocenters. The third-order valence-electron chi connectivity index (χ3n) is 13.3. The van der Waals surface area contributed by atoms with Gasteiger partial charge in [-0.2, -0.15) is 4.94 Å². The molecular formula is C42H50N6O5+2. The van der Waals surface area contributed by atoms with Gasteiger partial charge < -0.3 is 19.2 Å². The molecule has 0 aliphatic carbocycles. The van der Waals surface area contributed by atoms with Crippen molar-refractivity contribution < 1.29 is 33.7 Å². The summed E-state index contributed by atoms with van der Waals surface area (Å²) in [6, 6.07) is 19.0. The molecule has 4 bridgehead atoms. The number of aliphatic hydroxyl groups excluding tert-OH is 2. The van der Waals surface area contributed by atoms with Crippen LogP contribution in [0.5, 0.6) is 0 Å². The van der Waals surface area contributed by atoms with Gasteiger partial charge in [-0.25, -0.2) is 11.0 Å². The summed E-state index contributed by atoms with van der Waals surface area (Å²) in [4.78, 5) is 41.6. The van der Waals surface area contributed by atoms with E-state index in [1.54, 1.807) is 12.4 Å². The van der Waals surface area contributed by atoms with Crippen LogP contribution in [0.3, 0.4) is 0 Å². The largest absolute Gasteiger partial charge is 0.382 e. The molecule has 8 heterocycles. The molecule has 6 aliphatic rings. The van der Waals surface area contributed by atoms with E-state index in [1.807, 2.05) is 72.8 Å². The third-order valence-corrected chi connectivity index (χ3v) is 13.3. The molecule has 0 saturated carbocycles. The van der Waals surface area contributed by atoms with Crippen LogP contribution in [0.2, 0.25) is 0 Å². The van der Waals surface area contributed by atoms with E-state index >= 15 is 0 Å². The Morgan fingerprint density at radius 3 is 1.60 bits per heavy atom. The van der Waals surface area contributed by atoms with E-state index in [0.29, 0.717) is 33.9 Å². The molecule has 10 rings (SSSR count). The first-order valence-electron chi connectivity index (χ1n) is 19.0. The molecule has 53 heavy (non-hydrogen) atoms. The second kappa shape index (κ2) is 14.4. The number of aromatic nitrogens is 2. The topological polar surface area (TPSA) is 134 Å². The Labute approximate surface area is 310 Å². The van der Waals surface area contributed by atoms with Crippen molar-refractivity contribution in [3.63, 3.8) is 0 Å². The van der Waals surface area contributed by atoms with Crippen LogP contribution in [0, 0.1) is 23.7 Å². The van der Waals surface area contributed by atoms with E-state index in [0.717, 1.165) is 71.7 Å². The number of nitrogens with zero attached hydrogens (tertiary/aromatic N) is 4. The van der Waals surface area contributed by atoms with Gasteiger partial charge in [-0.05, 0) is 47.2 Å². The van der Waals surface area contributed by atoms with Gasteiger partial charge in [0.2, 0.25) is 0 Å². The monoisotopic (exact) mass is 718 g/mol. The molecule has 4 aromatic rings. The Morgan fingerprint density at radius 2 is 1.17 bits per heavy atom. The lowest BCUT2D eigenvalue weighted by molar-refractivity contribution is -0.966. The van der Waals surface area contributed by atoms with Gasteiger partial charge in [-0.3, -0.25) is 19.6 Å². The van der Waals surface area contributed by atoms with Crippen molar-refractivity contribution >= 4 is 33.6 Å². The number of benzene rings is 2. The summed E-state index contributed by atoms with van der Waals surface area (Å²) in [5, 5.41) is 25.7. The fraction of sp³-hybridized carbons (Fsp3) is 0.429. The smallest absolute Gasteiger partial charge is 0.300 e. The molecule has 2 aromatic heterocycles. The van der Waals surface area contributed by atoms with Crippen LogP contribution in [0.25, 0.3) is 21.8 Å². The zero-order chi connectivity index (χ0) is 36.7. The maximum absolute atomic E-state index is 13.6. The average molecular weight is 719 g/mol. The lowest BCUT2D eigenvalue weighted by atomic mass is 9.71. The van der Waals surface area contributed by atoms with Crippen molar-refractivity contribution in [2.75, 3.05) is 39.3 Å². The number of nitrogens with one attached hydrogen (secondary N) is 2. The number of piperidine rings is 6. The first-order chi connectivity index (χ1) is 25.7. The lowest BCUT2D eigenvalue weighted by Crippen LogP contribution is -2.70. The zero-order valence-electron chi connectivity index (χ0n) is 30.1. The minimum atomic E-state index is -0.791. The molecule has 2 aromatic carbocycles. The second-order valence-electron chi connectivity index (χ2n) is 15.9. The van der Waals surface area contributed by atoms with Gasteiger partial charge in [0, 0.05) is 60.7 Å². The Morgan fingerprint density at radius 1 is 0.736 bits per heavy atom. The van der Waals surface area contributed by atoms with Gasteiger partial charge in [0.25, 0.3) is 0 Å². The highest BCUT2D eigenvalue weighted by molar-refractivity contribution is 5.83. The van der Waals surface area contributed by atoms with Crippen LogP contribution in [-0.4, -0.2) is 92.3 Å². The van der Waals surface area contributed by atoms with E-state index in [2.05, 4.69) is 34.1 Å². The molecule has 2 amide bonds. The summed E-state index contributed by atoms with van der Waals surface area (Å²) >= 11 is 0. The third kappa shape index (κ3) is 6.44. The quantitative estimate of drug-likeness (QED) is 0.0967. The molecule has 8 unspecified atom stereocenters. The van der Waals surface area contributed by atoms with Crippen molar-refractivity contribution in [2.45, 2.75) is 50.0 Å². The highest BCUT2D eigenvalue weighted by Gasteiger charge is 2.56. The molecule has 6 saturated heterocycles. The number of carbonyl (C=O) groups is 2. The molecule has 4 N–H and O–H groups in total. The van der Waals surface area contributed by atoms with Crippen molar-refractivity contribution in [2.24, 2.45) is 23.7 Å². The van der Waals surface area contributed by atoms with Gasteiger partial charge in [0.05, 0.1) is 37.2 Å². The normalized spacial score (nSPS) is 31.5. The number of para-hydroxylation sites is 2. The van der Waals surface area contributed by atoms with Crippen molar-refractivity contribution in [3.05, 3.63) is 109 Å². The van der Waals surface area contributed by atoms with Crippen molar-refractivity contribution in [1.29, 1.82) is 0 Å². The number of quaternary nitrogens is 2. The molecule has 0 radical (unpaired) electrons. The van der Waals surface area contributed by atoms with E-state index in [-0.39, 0.29) is 48.8 Å². The molecule has 11 nitrogen and oxygen atoms in total. The number of hydroxylamine groups is 2. The zero-order valence-corrected chi connectivity index (χ0v) is 30.1. The van der Waals surface area contributed by atoms with Crippen LogP contribution in [0.1, 0.15) is 49.0 Å². The Kier molecular flexibility index (Phi) is 9.63. The SMILES string of the molecule is C=CC1C[N+]2(CC(=O)NONC(=O)C[N+]34CCC(CC3[C@@H](O)c3ccnc5ccccc35)C(C=C)C4)CCC1CC2[C@@H](O)c1ccnc2ccccc12. The molecule has 276 valence electrons. The summed E-state index contributed by atoms with van der Waals surface area (Å²) in [6.07, 6.45) is 9.29. The molecule has 6 fully saturated rings. The number of pyridine rings is 2. The van der Waals surface area contributed by atoms with Crippen LogP contribution in [0.15, 0.2) is 98.4 Å². The summed E-state index contributed by atoms with van der Waals surface area (Å²) in [5.74, 6) is 0.523. The summed E-state index contributed by atoms with van der Waals surface area (Å²) < 4.78 is 0.809. The van der Waals surface area contributed by atoms with Gasteiger partial charge in [0.15, 0.2) is 13.1 Å². The highest BCUT2D eigenvalue weighted by atomic mass is 16.8. The van der Waals surface area contributed by atoms with E-state index in [4.69, 9.17) is 4.94 Å². The minimum absolute atomic E-state index is 0.0915. The number of hydrogen-bond acceptors (Lipinski definition) is 7. The van der Waals surface area contributed by atoms with E-state index < -0.39 is 12.2 Å². The maximum Gasteiger partial charge on any atom is 0.300 e. The summed E-state index contributed by atoms with van der Waals surface area (Å²) in [5.41, 5.74) is 8.27. The van der Waals surface area contributed by atoms with Gasteiger partial charge in [0.1, 0.15) is 24.3 Å². The van der Waals surface area contributed by atoms with Crippen molar-refractivity contribution in [1.82, 2.24) is 20.9 Å². The Hall–Kier alpha value is -4.52. The molecular weight excluding hydrogens is 668 g/mol. The second-order valence-corrected chi connectivity index (χ2v) is 15.9. The minimum Gasteiger partial charge on any atom is -0.382 e. The Balaban J connectivity index is 0.951. The number of carbonyl (C=O) groups excluding carboxylic acids is 2. The van der Waals surface area contributed by atoms with E-state index in [9.17, 15) is 19.8 Å². The number of amides is 2. The lowest BCUT2D eigenvalue weighted by Gasteiger charge is -2.57. The number of hydrogen-bond donors (Lipinski definition) is 4.